The zero-order valence-corrected chi connectivity index (χ0v) is 10.0. The topological polar surface area (TPSA) is 52.4 Å². The maximum Gasteiger partial charge on any atom is 0.405 e. The van der Waals surface area contributed by atoms with Gasteiger partial charge in [-0.15, -0.1) is 0 Å². The normalized spacial score (nSPS) is 28.3. The highest BCUT2D eigenvalue weighted by atomic mass is 79.9. The summed E-state index contributed by atoms with van der Waals surface area (Å²) >= 11 is 3.13. The van der Waals surface area contributed by atoms with Gasteiger partial charge in [0.15, 0.2) is 0 Å². The molecule has 0 amide bonds. The van der Waals surface area contributed by atoms with E-state index in [2.05, 4.69) is 15.9 Å². The highest BCUT2D eigenvalue weighted by Gasteiger charge is 2.43. The van der Waals surface area contributed by atoms with E-state index in [9.17, 15) is 10.0 Å². The molecule has 1 unspecified atom stereocenters. The fourth-order valence-electron chi connectivity index (χ4n) is 2.29. The number of carbonyl (C=O) groups excluding carboxylic acids is 1. The molecule has 1 saturated carbocycles. The summed E-state index contributed by atoms with van der Waals surface area (Å²) in [5.74, 6) is -0.241. The summed E-state index contributed by atoms with van der Waals surface area (Å²) in [6.07, 6.45) is 4.92. The molecule has 1 atom stereocenters. The Morgan fingerprint density at radius 3 is 2.60 bits per heavy atom. The standard InChI is InChI=1S/C10H14BrNO3/c11-6-8-10(13)15-9(12(8)14)7-4-2-1-3-5-7/h7,9H,1-6H2. The van der Waals surface area contributed by atoms with Crippen LogP contribution in [0.3, 0.4) is 0 Å². The maximum absolute atomic E-state index is 11.8. The van der Waals surface area contributed by atoms with Crippen molar-refractivity contribution in [2.24, 2.45) is 5.92 Å². The molecule has 0 aromatic heterocycles. The number of cyclic esters (lactones) is 1. The van der Waals surface area contributed by atoms with Crippen LogP contribution in [-0.2, 0) is 9.53 Å². The fraction of sp³-hybridized carbons (Fsp3) is 0.800. The molecular weight excluding hydrogens is 262 g/mol. The zero-order chi connectivity index (χ0) is 10.8. The molecule has 1 fully saturated rings. The first-order valence-electron chi connectivity index (χ1n) is 5.33. The van der Waals surface area contributed by atoms with Crippen molar-refractivity contribution >= 4 is 27.6 Å². The van der Waals surface area contributed by atoms with Gasteiger partial charge in [-0.1, -0.05) is 35.2 Å². The molecule has 0 aromatic carbocycles. The molecule has 84 valence electrons. The average Bonchev–Trinajstić information content (AvgIpc) is 2.55. The number of hydroxylamine groups is 1. The summed E-state index contributed by atoms with van der Waals surface area (Å²) in [7, 11) is 0. The van der Waals surface area contributed by atoms with Gasteiger partial charge in [0.25, 0.3) is 5.71 Å². The second-order valence-electron chi connectivity index (χ2n) is 4.10. The molecule has 0 N–H and O–H groups in total. The fourth-order valence-corrected chi connectivity index (χ4v) is 2.77. The Morgan fingerprint density at radius 2 is 2.07 bits per heavy atom. The molecule has 0 radical (unpaired) electrons. The molecule has 1 aliphatic carbocycles. The van der Waals surface area contributed by atoms with Gasteiger partial charge in [-0.25, -0.2) is 4.79 Å². The van der Waals surface area contributed by atoms with Crippen LogP contribution in [0.1, 0.15) is 32.1 Å². The van der Waals surface area contributed by atoms with E-state index in [1.165, 1.54) is 6.42 Å². The summed E-state index contributed by atoms with van der Waals surface area (Å²) in [5.41, 5.74) is 0.200. The van der Waals surface area contributed by atoms with Crippen LogP contribution in [0.25, 0.3) is 0 Å². The van der Waals surface area contributed by atoms with Crippen molar-refractivity contribution in [3.05, 3.63) is 5.21 Å². The molecule has 1 aliphatic heterocycles. The van der Waals surface area contributed by atoms with E-state index in [-0.39, 0.29) is 17.0 Å². The molecule has 2 rings (SSSR count). The quantitative estimate of drug-likeness (QED) is 0.334. The van der Waals surface area contributed by atoms with Crippen LogP contribution >= 0.6 is 15.9 Å². The monoisotopic (exact) mass is 275 g/mol. The van der Waals surface area contributed by atoms with E-state index in [1.54, 1.807) is 0 Å². The third-order valence-electron chi connectivity index (χ3n) is 3.14. The molecule has 4 nitrogen and oxygen atoms in total. The van der Waals surface area contributed by atoms with Crippen molar-refractivity contribution in [1.29, 1.82) is 0 Å². The molecule has 0 bridgehead atoms. The van der Waals surface area contributed by atoms with E-state index in [1.807, 2.05) is 0 Å². The minimum atomic E-state index is -0.564. The second kappa shape index (κ2) is 4.51. The number of hydrogen-bond donors (Lipinski definition) is 0. The highest BCUT2D eigenvalue weighted by Crippen LogP contribution is 2.30. The minimum absolute atomic E-state index is 0.200. The number of carbonyl (C=O) groups is 1. The van der Waals surface area contributed by atoms with E-state index in [0.29, 0.717) is 0 Å². The van der Waals surface area contributed by atoms with Gasteiger partial charge < -0.3 is 9.94 Å². The van der Waals surface area contributed by atoms with Gasteiger partial charge in [-0.05, 0) is 12.8 Å². The van der Waals surface area contributed by atoms with Gasteiger partial charge in [0, 0.05) is 0 Å². The van der Waals surface area contributed by atoms with Gasteiger partial charge in [-0.3, -0.25) is 0 Å². The van der Waals surface area contributed by atoms with Crippen molar-refractivity contribution in [3.63, 3.8) is 0 Å². The van der Waals surface area contributed by atoms with Gasteiger partial charge in [0.2, 0.25) is 0 Å². The number of alkyl halides is 1. The van der Waals surface area contributed by atoms with Crippen LogP contribution in [0.5, 0.6) is 0 Å². The Balaban J connectivity index is 2.11. The van der Waals surface area contributed by atoms with E-state index < -0.39 is 12.2 Å². The summed E-state index contributed by atoms with van der Waals surface area (Å²) in [5, 5.41) is 12.0. The third kappa shape index (κ3) is 2.02. The van der Waals surface area contributed by atoms with E-state index >= 15 is 0 Å². The molecule has 15 heavy (non-hydrogen) atoms. The molecule has 1 heterocycles. The van der Waals surface area contributed by atoms with Crippen molar-refractivity contribution in [1.82, 2.24) is 0 Å². The van der Waals surface area contributed by atoms with Crippen molar-refractivity contribution in [2.45, 2.75) is 38.3 Å². The lowest BCUT2D eigenvalue weighted by molar-refractivity contribution is -0.547. The highest BCUT2D eigenvalue weighted by molar-refractivity contribution is 9.09. The predicted octanol–water partition coefficient (Wildman–Crippen LogP) is 1.80. The van der Waals surface area contributed by atoms with Crippen LogP contribution in [0, 0.1) is 11.1 Å². The SMILES string of the molecule is O=C1OC(C2CCCCC2)[N+]([O-])=C1CBr. The molecular formula is C10H14BrNO3. The van der Waals surface area contributed by atoms with Crippen LogP contribution in [0.2, 0.25) is 0 Å². The molecule has 2 aliphatic rings. The number of hydrogen-bond acceptors (Lipinski definition) is 3. The predicted molar refractivity (Wildman–Crippen MR) is 58.9 cm³/mol. The smallest absolute Gasteiger partial charge is 0.405 e. The largest absolute Gasteiger partial charge is 0.621 e. The van der Waals surface area contributed by atoms with Crippen molar-refractivity contribution < 1.29 is 14.3 Å². The zero-order valence-electron chi connectivity index (χ0n) is 8.45. The average molecular weight is 276 g/mol. The lowest BCUT2D eigenvalue weighted by Crippen LogP contribution is -2.31. The Bertz CT molecular complexity index is 297. The van der Waals surface area contributed by atoms with Gasteiger partial charge in [0.1, 0.15) is 0 Å². The maximum atomic E-state index is 11.8. The van der Waals surface area contributed by atoms with Crippen molar-refractivity contribution in [3.8, 4) is 0 Å². The van der Waals surface area contributed by atoms with E-state index in [4.69, 9.17) is 4.74 Å². The summed E-state index contributed by atoms with van der Waals surface area (Å²) < 4.78 is 5.88. The Hall–Kier alpha value is -0.580. The molecule has 0 spiro atoms. The molecule has 0 aromatic rings. The van der Waals surface area contributed by atoms with Gasteiger partial charge >= 0.3 is 12.2 Å². The first-order chi connectivity index (χ1) is 7.24. The Labute approximate surface area is 97.0 Å². The van der Waals surface area contributed by atoms with Crippen LogP contribution in [-0.4, -0.2) is 28.0 Å². The van der Waals surface area contributed by atoms with Crippen molar-refractivity contribution in [2.75, 3.05) is 5.33 Å². The Morgan fingerprint density at radius 1 is 1.40 bits per heavy atom. The Kier molecular flexibility index (Phi) is 3.29. The summed E-state index contributed by atoms with van der Waals surface area (Å²) in [4.78, 5) is 11.3. The van der Waals surface area contributed by atoms with Crippen LogP contribution < -0.4 is 0 Å². The van der Waals surface area contributed by atoms with Gasteiger partial charge in [0.05, 0.1) is 11.2 Å². The lowest BCUT2D eigenvalue weighted by atomic mass is 9.88. The molecule has 0 saturated heterocycles. The van der Waals surface area contributed by atoms with Crippen LogP contribution in [0.15, 0.2) is 0 Å². The van der Waals surface area contributed by atoms with Crippen LogP contribution in [0.4, 0.5) is 0 Å². The number of ether oxygens (including phenoxy) is 1. The molecule has 5 heteroatoms. The number of halogens is 1. The number of esters is 1. The van der Waals surface area contributed by atoms with E-state index in [0.717, 1.165) is 30.4 Å². The second-order valence-corrected chi connectivity index (χ2v) is 4.66. The first kappa shape index (κ1) is 10.9. The summed E-state index contributed by atoms with van der Waals surface area (Å²) in [6.45, 7) is 0. The number of rotatable bonds is 2. The number of nitrogens with zero attached hydrogens (tertiary/aromatic N) is 1. The third-order valence-corrected chi connectivity index (χ3v) is 3.67. The van der Waals surface area contributed by atoms with Gasteiger partial charge in [-0.2, -0.15) is 4.74 Å². The lowest BCUT2D eigenvalue weighted by Gasteiger charge is -2.24. The summed E-state index contributed by atoms with van der Waals surface area (Å²) in [6, 6.07) is 0. The first-order valence-corrected chi connectivity index (χ1v) is 6.45. The minimum Gasteiger partial charge on any atom is -0.621 e.